The van der Waals surface area contributed by atoms with Crippen molar-refractivity contribution in [3.63, 3.8) is 0 Å². The Hall–Kier alpha value is -2.55. The second-order valence-corrected chi connectivity index (χ2v) is 5.78. The molecule has 1 aliphatic rings. The maximum absolute atomic E-state index is 11.8. The quantitative estimate of drug-likeness (QED) is 0.855. The highest BCUT2D eigenvalue weighted by molar-refractivity contribution is 6.04. The fourth-order valence-corrected chi connectivity index (χ4v) is 2.25. The van der Waals surface area contributed by atoms with Crippen molar-refractivity contribution in [2.45, 2.75) is 26.1 Å². The van der Waals surface area contributed by atoms with Crippen molar-refractivity contribution in [3.05, 3.63) is 71.8 Å². The van der Waals surface area contributed by atoms with Crippen molar-refractivity contribution in [2.75, 3.05) is 0 Å². The Labute approximate surface area is 130 Å². The minimum atomic E-state index is -0.766. The van der Waals surface area contributed by atoms with E-state index in [1.165, 1.54) is 0 Å². The molecule has 1 aliphatic heterocycles. The fourth-order valence-electron chi connectivity index (χ4n) is 2.25. The van der Waals surface area contributed by atoms with Gasteiger partial charge in [0.05, 0.1) is 0 Å². The molecule has 0 saturated carbocycles. The molecule has 0 atom stereocenters. The number of hydrogen-bond acceptors (Lipinski definition) is 3. The molecule has 3 rings (SSSR count). The smallest absolute Gasteiger partial charge is 0.202 e. The van der Waals surface area contributed by atoms with Crippen molar-refractivity contribution in [2.24, 2.45) is 0 Å². The average molecular weight is 294 g/mol. The Morgan fingerprint density at radius 1 is 1.00 bits per heavy atom. The number of ketones is 1. The third kappa shape index (κ3) is 3.03. The molecule has 0 aromatic heterocycles. The second-order valence-electron chi connectivity index (χ2n) is 5.78. The van der Waals surface area contributed by atoms with Gasteiger partial charge in [-0.2, -0.15) is 0 Å². The molecule has 22 heavy (non-hydrogen) atoms. The van der Waals surface area contributed by atoms with E-state index in [1.54, 1.807) is 19.9 Å². The first kappa shape index (κ1) is 14.4. The van der Waals surface area contributed by atoms with Gasteiger partial charge in [0, 0.05) is 11.6 Å². The van der Waals surface area contributed by atoms with Gasteiger partial charge >= 0.3 is 0 Å². The predicted octanol–water partition coefficient (Wildman–Crippen LogP) is 3.98. The second kappa shape index (κ2) is 5.68. The van der Waals surface area contributed by atoms with Crippen LogP contribution in [0.4, 0.5) is 0 Å². The first-order chi connectivity index (χ1) is 10.5. The van der Waals surface area contributed by atoms with Gasteiger partial charge in [0.15, 0.2) is 5.60 Å². The van der Waals surface area contributed by atoms with Crippen molar-refractivity contribution < 1.29 is 14.3 Å². The summed E-state index contributed by atoms with van der Waals surface area (Å²) in [5, 5.41) is 0. The Balaban J connectivity index is 1.66. The molecule has 0 aliphatic carbocycles. The van der Waals surface area contributed by atoms with Crippen LogP contribution >= 0.6 is 0 Å². The fraction of sp³-hybridized carbons (Fsp3) is 0.211. The Morgan fingerprint density at radius 3 is 2.27 bits per heavy atom. The predicted molar refractivity (Wildman–Crippen MR) is 85.4 cm³/mol. The molecule has 3 heteroatoms. The lowest BCUT2D eigenvalue weighted by Crippen LogP contribution is -2.27. The largest absolute Gasteiger partial charge is 0.489 e. The van der Waals surface area contributed by atoms with E-state index in [0.29, 0.717) is 12.4 Å². The highest BCUT2D eigenvalue weighted by atomic mass is 16.5. The molecule has 0 bridgehead atoms. The van der Waals surface area contributed by atoms with Crippen LogP contribution in [0, 0.1) is 0 Å². The molecular weight excluding hydrogens is 276 g/mol. The SMILES string of the molecule is CC1(C)OC(c2ccc(OCc3ccccc3)cc2)=CC1=O. The number of carbonyl (C=O) groups is 1. The van der Waals surface area contributed by atoms with E-state index in [4.69, 9.17) is 9.47 Å². The molecule has 0 spiro atoms. The van der Waals surface area contributed by atoms with Gasteiger partial charge in [-0.3, -0.25) is 4.79 Å². The molecule has 0 fully saturated rings. The zero-order valence-electron chi connectivity index (χ0n) is 12.7. The Morgan fingerprint density at radius 2 is 1.68 bits per heavy atom. The van der Waals surface area contributed by atoms with Crippen LogP contribution in [0.25, 0.3) is 5.76 Å². The van der Waals surface area contributed by atoms with E-state index in [1.807, 2.05) is 54.6 Å². The van der Waals surface area contributed by atoms with Crippen LogP contribution in [0.3, 0.4) is 0 Å². The molecule has 0 radical (unpaired) electrons. The number of hydrogen-bond donors (Lipinski definition) is 0. The molecule has 1 heterocycles. The third-order valence-electron chi connectivity index (χ3n) is 3.61. The monoisotopic (exact) mass is 294 g/mol. The average Bonchev–Trinajstić information content (AvgIpc) is 2.80. The molecule has 0 unspecified atom stereocenters. The molecule has 112 valence electrons. The lowest BCUT2D eigenvalue weighted by Gasteiger charge is -2.18. The van der Waals surface area contributed by atoms with E-state index in [9.17, 15) is 4.79 Å². The van der Waals surface area contributed by atoms with Crippen molar-refractivity contribution >= 4 is 11.5 Å². The normalized spacial score (nSPS) is 16.1. The van der Waals surface area contributed by atoms with Gasteiger partial charge in [0.1, 0.15) is 18.1 Å². The molecule has 3 nitrogen and oxygen atoms in total. The van der Waals surface area contributed by atoms with Gasteiger partial charge in [0.2, 0.25) is 5.78 Å². The number of benzene rings is 2. The van der Waals surface area contributed by atoms with Gasteiger partial charge in [-0.25, -0.2) is 0 Å². The van der Waals surface area contributed by atoms with Crippen LogP contribution in [-0.4, -0.2) is 11.4 Å². The number of carbonyl (C=O) groups excluding carboxylic acids is 1. The highest BCUT2D eigenvalue weighted by Crippen LogP contribution is 2.31. The minimum Gasteiger partial charge on any atom is -0.489 e. The zero-order chi connectivity index (χ0) is 15.6. The van der Waals surface area contributed by atoms with Crippen LogP contribution < -0.4 is 4.74 Å². The summed E-state index contributed by atoms with van der Waals surface area (Å²) in [5.74, 6) is 1.40. The number of ether oxygens (including phenoxy) is 2. The summed E-state index contributed by atoms with van der Waals surface area (Å²) in [4.78, 5) is 11.8. The minimum absolute atomic E-state index is 0.00750. The molecule has 0 amide bonds. The van der Waals surface area contributed by atoms with Crippen LogP contribution in [0.1, 0.15) is 25.0 Å². The van der Waals surface area contributed by atoms with Gasteiger partial charge in [-0.1, -0.05) is 30.3 Å². The zero-order valence-corrected chi connectivity index (χ0v) is 12.7. The summed E-state index contributed by atoms with van der Waals surface area (Å²) in [7, 11) is 0. The number of rotatable bonds is 4. The van der Waals surface area contributed by atoms with Crippen molar-refractivity contribution in [1.29, 1.82) is 0 Å². The van der Waals surface area contributed by atoms with Crippen molar-refractivity contribution in [3.8, 4) is 5.75 Å². The standard InChI is InChI=1S/C19H18O3/c1-19(2)18(20)12-17(22-19)15-8-10-16(11-9-15)21-13-14-6-4-3-5-7-14/h3-12H,13H2,1-2H3. The summed E-state index contributed by atoms with van der Waals surface area (Å²) in [6.07, 6.45) is 1.56. The van der Waals surface area contributed by atoms with E-state index >= 15 is 0 Å². The van der Waals surface area contributed by atoms with Crippen LogP contribution in [0.15, 0.2) is 60.7 Å². The van der Waals surface area contributed by atoms with E-state index in [-0.39, 0.29) is 5.78 Å². The Kier molecular flexibility index (Phi) is 3.72. The Bertz CT molecular complexity index is 697. The van der Waals surface area contributed by atoms with E-state index in [2.05, 4.69) is 0 Å². The first-order valence-electron chi connectivity index (χ1n) is 7.27. The van der Waals surface area contributed by atoms with Gasteiger partial charge < -0.3 is 9.47 Å². The van der Waals surface area contributed by atoms with Gasteiger partial charge in [-0.15, -0.1) is 0 Å². The molecular formula is C19H18O3. The van der Waals surface area contributed by atoms with E-state index < -0.39 is 5.60 Å². The topological polar surface area (TPSA) is 35.5 Å². The lowest BCUT2D eigenvalue weighted by atomic mass is 10.1. The van der Waals surface area contributed by atoms with Crippen LogP contribution in [0.5, 0.6) is 5.75 Å². The lowest BCUT2D eigenvalue weighted by molar-refractivity contribution is -0.125. The molecule has 0 saturated heterocycles. The summed E-state index contributed by atoms with van der Waals surface area (Å²) in [5.41, 5.74) is 1.24. The van der Waals surface area contributed by atoms with Crippen LogP contribution in [0.2, 0.25) is 0 Å². The van der Waals surface area contributed by atoms with Crippen molar-refractivity contribution in [1.82, 2.24) is 0 Å². The first-order valence-corrected chi connectivity index (χ1v) is 7.27. The highest BCUT2D eigenvalue weighted by Gasteiger charge is 2.35. The van der Waals surface area contributed by atoms with Gasteiger partial charge in [-0.05, 0) is 43.7 Å². The summed E-state index contributed by atoms with van der Waals surface area (Å²) < 4.78 is 11.4. The third-order valence-corrected chi connectivity index (χ3v) is 3.61. The summed E-state index contributed by atoms with van der Waals surface area (Å²) in [6.45, 7) is 4.08. The summed E-state index contributed by atoms with van der Waals surface area (Å²) in [6, 6.07) is 17.6. The summed E-state index contributed by atoms with van der Waals surface area (Å²) >= 11 is 0. The maximum atomic E-state index is 11.8. The molecule has 2 aromatic rings. The van der Waals surface area contributed by atoms with Gasteiger partial charge in [0.25, 0.3) is 0 Å². The van der Waals surface area contributed by atoms with E-state index in [0.717, 1.165) is 16.9 Å². The maximum Gasteiger partial charge on any atom is 0.202 e. The molecule has 0 N–H and O–H groups in total. The van der Waals surface area contributed by atoms with Crippen LogP contribution in [-0.2, 0) is 16.1 Å². The molecule has 2 aromatic carbocycles.